The summed E-state index contributed by atoms with van der Waals surface area (Å²) in [6, 6.07) is 19.4. The van der Waals surface area contributed by atoms with Gasteiger partial charge < -0.3 is 10.2 Å². The molecule has 1 N–H and O–H groups in total. The standard InChI is InChI=1S/C18H20N2O2/c1-20(14-16-10-6-3-7-11-16)18(22)17(21)19-13-12-15-8-4-2-5-9-15/h2-11H,12-14H2,1H3,(H,19,21). The third-order valence-corrected chi connectivity index (χ3v) is 3.35. The van der Waals surface area contributed by atoms with Gasteiger partial charge >= 0.3 is 11.8 Å². The molecule has 0 unspecified atom stereocenters. The number of rotatable bonds is 5. The van der Waals surface area contributed by atoms with Crippen molar-refractivity contribution in [2.24, 2.45) is 0 Å². The van der Waals surface area contributed by atoms with Gasteiger partial charge in [-0.15, -0.1) is 0 Å². The number of amides is 2. The van der Waals surface area contributed by atoms with E-state index >= 15 is 0 Å². The molecule has 2 rings (SSSR count). The van der Waals surface area contributed by atoms with Gasteiger partial charge in [0.1, 0.15) is 0 Å². The van der Waals surface area contributed by atoms with Crippen molar-refractivity contribution >= 4 is 11.8 Å². The Balaban J connectivity index is 1.78. The van der Waals surface area contributed by atoms with E-state index in [1.807, 2.05) is 60.7 Å². The smallest absolute Gasteiger partial charge is 0.311 e. The monoisotopic (exact) mass is 296 g/mol. The van der Waals surface area contributed by atoms with Gasteiger partial charge in [-0.05, 0) is 17.5 Å². The molecule has 0 aliphatic carbocycles. The van der Waals surface area contributed by atoms with Crippen LogP contribution in [0.25, 0.3) is 0 Å². The lowest BCUT2D eigenvalue weighted by Gasteiger charge is -2.16. The van der Waals surface area contributed by atoms with Crippen molar-refractivity contribution in [3.05, 3.63) is 71.8 Å². The Hall–Kier alpha value is -2.62. The molecule has 2 aromatic carbocycles. The first-order valence-corrected chi connectivity index (χ1v) is 7.28. The van der Waals surface area contributed by atoms with Crippen molar-refractivity contribution in [1.29, 1.82) is 0 Å². The lowest BCUT2D eigenvalue weighted by molar-refractivity contribution is -0.145. The molecule has 0 fully saturated rings. The number of nitrogens with zero attached hydrogens (tertiary/aromatic N) is 1. The molecule has 0 saturated carbocycles. The molecule has 22 heavy (non-hydrogen) atoms. The molecule has 2 amide bonds. The van der Waals surface area contributed by atoms with Crippen LogP contribution in [0.5, 0.6) is 0 Å². The first-order chi connectivity index (χ1) is 10.7. The van der Waals surface area contributed by atoms with Crippen LogP contribution in [0.2, 0.25) is 0 Å². The van der Waals surface area contributed by atoms with Gasteiger partial charge in [-0.3, -0.25) is 9.59 Å². The lowest BCUT2D eigenvalue weighted by atomic mass is 10.1. The predicted octanol–water partition coefficient (Wildman–Crippen LogP) is 2.00. The van der Waals surface area contributed by atoms with E-state index in [1.165, 1.54) is 4.90 Å². The third kappa shape index (κ3) is 4.74. The van der Waals surface area contributed by atoms with Gasteiger partial charge in [0.25, 0.3) is 0 Å². The second-order valence-corrected chi connectivity index (χ2v) is 5.14. The molecule has 114 valence electrons. The molecule has 0 aliphatic heterocycles. The number of hydrogen-bond donors (Lipinski definition) is 1. The number of carbonyl (C=O) groups is 2. The predicted molar refractivity (Wildman–Crippen MR) is 86.1 cm³/mol. The van der Waals surface area contributed by atoms with Crippen LogP contribution in [0.4, 0.5) is 0 Å². The number of hydrogen-bond acceptors (Lipinski definition) is 2. The molecule has 0 aromatic heterocycles. The fourth-order valence-corrected chi connectivity index (χ4v) is 2.14. The Kier molecular flexibility index (Phi) is 5.72. The highest BCUT2D eigenvalue weighted by atomic mass is 16.2. The van der Waals surface area contributed by atoms with E-state index in [0.717, 1.165) is 11.1 Å². The van der Waals surface area contributed by atoms with Gasteiger partial charge in [0.2, 0.25) is 0 Å². The molecule has 0 spiro atoms. The zero-order chi connectivity index (χ0) is 15.8. The quantitative estimate of drug-likeness (QED) is 0.858. The largest absolute Gasteiger partial charge is 0.347 e. The van der Waals surface area contributed by atoms with Crippen molar-refractivity contribution in [1.82, 2.24) is 10.2 Å². The average Bonchev–Trinajstić information content (AvgIpc) is 2.56. The third-order valence-electron chi connectivity index (χ3n) is 3.35. The second kappa shape index (κ2) is 7.98. The number of benzene rings is 2. The van der Waals surface area contributed by atoms with E-state index in [0.29, 0.717) is 19.5 Å². The number of nitrogens with one attached hydrogen (secondary N) is 1. The maximum Gasteiger partial charge on any atom is 0.311 e. The summed E-state index contributed by atoms with van der Waals surface area (Å²) in [7, 11) is 1.63. The second-order valence-electron chi connectivity index (χ2n) is 5.14. The highest BCUT2D eigenvalue weighted by Crippen LogP contribution is 2.03. The van der Waals surface area contributed by atoms with E-state index in [2.05, 4.69) is 5.32 Å². The molecule has 0 heterocycles. The summed E-state index contributed by atoms with van der Waals surface area (Å²) < 4.78 is 0. The summed E-state index contributed by atoms with van der Waals surface area (Å²) in [5.74, 6) is -1.08. The number of carbonyl (C=O) groups excluding carboxylic acids is 2. The number of likely N-dealkylation sites (N-methyl/N-ethyl adjacent to an activating group) is 1. The average molecular weight is 296 g/mol. The zero-order valence-corrected chi connectivity index (χ0v) is 12.7. The molecule has 4 nitrogen and oxygen atoms in total. The maximum absolute atomic E-state index is 12.0. The van der Waals surface area contributed by atoms with Crippen LogP contribution >= 0.6 is 0 Å². The Morgan fingerprint density at radius 1 is 0.909 bits per heavy atom. The minimum absolute atomic E-state index is 0.422. The fourth-order valence-electron chi connectivity index (χ4n) is 2.14. The summed E-state index contributed by atoms with van der Waals surface area (Å²) >= 11 is 0. The SMILES string of the molecule is CN(Cc1ccccc1)C(=O)C(=O)NCCc1ccccc1. The van der Waals surface area contributed by atoms with Gasteiger partial charge in [-0.2, -0.15) is 0 Å². The highest BCUT2D eigenvalue weighted by Gasteiger charge is 2.18. The van der Waals surface area contributed by atoms with E-state index < -0.39 is 11.8 Å². The van der Waals surface area contributed by atoms with Crippen molar-refractivity contribution in [2.75, 3.05) is 13.6 Å². The highest BCUT2D eigenvalue weighted by molar-refractivity contribution is 6.34. The molecular formula is C18H20N2O2. The van der Waals surface area contributed by atoms with Crippen LogP contribution in [0.3, 0.4) is 0 Å². The fraction of sp³-hybridized carbons (Fsp3) is 0.222. The molecule has 0 saturated heterocycles. The Morgan fingerprint density at radius 3 is 2.05 bits per heavy atom. The summed E-state index contributed by atoms with van der Waals surface area (Å²) in [5.41, 5.74) is 2.13. The van der Waals surface area contributed by atoms with Gasteiger partial charge in [0.15, 0.2) is 0 Å². The summed E-state index contributed by atoms with van der Waals surface area (Å²) in [6.45, 7) is 0.875. The molecule has 2 aromatic rings. The normalized spacial score (nSPS) is 10.0. The molecule has 0 bridgehead atoms. The van der Waals surface area contributed by atoms with Gasteiger partial charge in [0, 0.05) is 20.1 Å². The first kappa shape index (κ1) is 15.8. The van der Waals surface area contributed by atoms with E-state index in [9.17, 15) is 9.59 Å². The van der Waals surface area contributed by atoms with Crippen molar-refractivity contribution < 1.29 is 9.59 Å². The molecule has 0 atom stereocenters. The zero-order valence-electron chi connectivity index (χ0n) is 12.7. The van der Waals surface area contributed by atoms with Crippen molar-refractivity contribution in [3.8, 4) is 0 Å². The molecule has 0 radical (unpaired) electrons. The Bertz CT molecular complexity index is 611. The Morgan fingerprint density at radius 2 is 1.45 bits per heavy atom. The van der Waals surface area contributed by atoms with Crippen LogP contribution < -0.4 is 5.32 Å². The maximum atomic E-state index is 12.0. The van der Waals surface area contributed by atoms with E-state index in [1.54, 1.807) is 7.05 Å². The van der Waals surface area contributed by atoms with Crippen LogP contribution in [-0.2, 0) is 22.6 Å². The van der Waals surface area contributed by atoms with Gasteiger partial charge in [-0.25, -0.2) is 0 Å². The minimum Gasteiger partial charge on any atom is -0.347 e. The first-order valence-electron chi connectivity index (χ1n) is 7.28. The van der Waals surface area contributed by atoms with Crippen LogP contribution in [-0.4, -0.2) is 30.3 Å². The molecule has 0 aliphatic rings. The van der Waals surface area contributed by atoms with E-state index in [4.69, 9.17) is 0 Å². The minimum atomic E-state index is -0.561. The van der Waals surface area contributed by atoms with Gasteiger partial charge in [-0.1, -0.05) is 60.7 Å². The molecule has 4 heteroatoms. The Labute approximate surface area is 130 Å². The van der Waals surface area contributed by atoms with Crippen molar-refractivity contribution in [2.45, 2.75) is 13.0 Å². The topological polar surface area (TPSA) is 49.4 Å². The van der Waals surface area contributed by atoms with Crippen LogP contribution in [0.1, 0.15) is 11.1 Å². The molecular weight excluding hydrogens is 276 g/mol. The van der Waals surface area contributed by atoms with Crippen LogP contribution in [0, 0.1) is 0 Å². The summed E-state index contributed by atoms with van der Waals surface area (Å²) in [5, 5.41) is 2.67. The summed E-state index contributed by atoms with van der Waals surface area (Å²) in [6.07, 6.45) is 0.711. The van der Waals surface area contributed by atoms with Crippen molar-refractivity contribution in [3.63, 3.8) is 0 Å². The van der Waals surface area contributed by atoms with Gasteiger partial charge in [0.05, 0.1) is 0 Å². The van der Waals surface area contributed by atoms with E-state index in [-0.39, 0.29) is 0 Å². The lowest BCUT2D eigenvalue weighted by Crippen LogP contribution is -2.41. The van der Waals surface area contributed by atoms with Crippen LogP contribution in [0.15, 0.2) is 60.7 Å². The summed E-state index contributed by atoms with van der Waals surface area (Å²) in [4.78, 5) is 25.3.